The molecule has 0 radical (unpaired) electrons. The van der Waals surface area contributed by atoms with Gasteiger partial charge in [0.1, 0.15) is 0 Å². The number of rotatable bonds is 5. The Morgan fingerprint density at radius 1 is 1.56 bits per heavy atom. The molecular formula is C15H20N2O. The average Bonchev–Trinajstić information content (AvgIpc) is 2.82. The highest BCUT2D eigenvalue weighted by Gasteiger charge is 2.29. The summed E-state index contributed by atoms with van der Waals surface area (Å²) < 4.78 is 0. The molecule has 1 amide bonds. The lowest BCUT2D eigenvalue weighted by molar-refractivity contribution is -0.131. The largest absolute Gasteiger partial charge is 0.384 e. The van der Waals surface area contributed by atoms with Crippen molar-refractivity contribution in [1.29, 1.82) is 0 Å². The number of unbranched alkanes of at least 4 members (excludes halogenated alkanes) is 1. The molecule has 3 nitrogen and oxygen atoms in total. The van der Waals surface area contributed by atoms with Gasteiger partial charge in [0.05, 0.1) is 5.92 Å². The Hall–Kier alpha value is -1.77. The quantitative estimate of drug-likeness (QED) is 0.638. The normalized spacial score (nSPS) is 16.8. The van der Waals surface area contributed by atoms with Crippen LogP contribution in [-0.2, 0) is 4.79 Å². The second-order valence-electron chi connectivity index (χ2n) is 4.71. The summed E-state index contributed by atoms with van der Waals surface area (Å²) in [5.41, 5.74) is 2.22. The number of anilines is 1. The van der Waals surface area contributed by atoms with Crippen LogP contribution in [0.25, 0.3) is 0 Å². The molecular weight excluding hydrogens is 224 g/mol. The molecule has 1 aromatic carbocycles. The molecule has 1 aliphatic rings. The fourth-order valence-corrected chi connectivity index (χ4v) is 2.35. The smallest absolute Gasteiger partial charge is 0.231 e. The van der Waals surface area contributed by atoms with Crippen molar-refractivity contribution in [2.24, 2.45) is 0 Å². The van der Waals surface area contributed by atoms with E-state index in [0.717, 1.165) is 30.6 Å². The van der Waals surface area contributed by atoms with E-state index in [0.29, 0.717) is 6.54 Å². The van der Waals surface area contributed by atoms with E-state index >= 15 is 0 Å². The number of likely N-dealkylation sites (N-methyl/N-ethyl adjacent to an activating group) is 1. The molecule has 2 rings (SSSR count). The molecule has 0 fully saturated rings. The Morgan fingerprint density at radius 2 is 2.33 bits per heavy atom. The minimum Gasteiger partial charge on any atom is -0.384 e. The first kappa shape index (κ1) is 12.7. The van der Waals surface area contributed by atoms with E-state index in [2.05, 4.69) is 11.9 Å². The summed E-state index contributed by atoms with van der Waals surface area (Å²) in [7, 11) is 1.88. The summed E-state index contributed by atoms with van der Waals surface area (Å²) in [4.78, 5) is 14.2. The van der Waals surface area contributed by atoms with Gasteiger partial charge in [-0.2, -0.15) is 0 Å². The van der Waals surface area contributed by atoms with Gasteiger partial charge in [-0.3, -0.25) is 4.79 Å². The summed E-state index contributed by atoms with van der Waals surface area (Å²) in [5.74, 6) is 0.173. The van der Waals surface area contributed by atoms with Crippen LogP contribution in [0.5, 0.6) is 0 Å². The Balaban J connectivity index is 2.00. The third kappa shape index (κ3) is 2.55. The van der Waals surface area contributed by atoms with Crippen molar-refractivity contribution < 1.29 is 4.79 Å². The zero-order valence-electron chi connectivity index (χ0n) is 10.9. The molecule has 0 bridgehead atoms. The van der Waals surface area contributed by atoms with Gasteiger partial charge in [-0.25, -0.2) is 0 Å². The van der Waals surface area contributed by atoms with E-state index < -0.39 is 0 Å². The number of amides is 1. The topological polar surface area (TPSA) is 32.3 Å². The Morgan fingerprint density at radius 3 is 3.11 bits per heavy atom. The lowest BCUT2D eigenvalue weighted by Crippen LogP contribution is -2.33. The SMILES string of the molecule is C=CCCCN(C)C(=O)C1CNc2ccccc21. The fraction of sp³-hybridized carbons (Fsp3) is 0.400. The highest BCUT2D eigenvalue weighted by molar-refractivity contribution is 5.88. The zero-order valence-corrected chi connectivity index (χ0v) is 10.9. The molecule has 1 atom stereocenters. The molecule has 18 heavy (non-hydrogen) atoms. The van der Waals surface area contributed by atoms with Crippen molar-refractivity contribution in [3.63, 3.8) is 0 Å². The summed E-state index contributed by atoms with van der Waals surface area (Å²) in [5, 5.41) is 3.29. The number of benzene rings is 1. The number of carbonyl (C=O) groups excluding carboxylic acids is 1. The van der Waals surface area contributed by atoms with Crippen molar-refractivity contribution in [3.05, 3.63) is 42.5 Å². The first-order chi connectivity index (χ1) is 8.74. The molecule has 1 N–H and O–H groups in total. The lowest BCUT2D eigenvalue weighted by Gasteiger charge is -2.20. The van der Waals surface area contributed by atoms with Gasteiger partial charge in [-0.1, -0.05) is 24.3 Å². The molecule has 0 aliphatic carbocycles. The molecule has 0 aromatic heterocycles. The van der Waals surface area contributed by atoms with Gasteiger partial charge >= 0.3 is 0 Å². The number of hydrogen-bond donors (Lipinski definition) is 1. The van der Waals surface area contributed by atoms with E-state index in [-0.39, 0.29) is 11.8 Å². The van der Waals surface area contributed by atoms with E-state index in [1.54, 1.807) is 0 Å². The van der Waals surface area contributed by atoms with Gasteiger partial charge in [0.2, 0.25) is 5.91 Å². The number of allylic oxidation sites excluding steroid dienone is 1. The molecule has 0 saturated heterocycles. The van der Waals surface area contributed by atoms with Gasteiger partial charge < -0.3 is 10.2 Å². The number of carbonyl (C=O) groups is 1. The fourth-order valence-electron chi connectivity index (χ4n) is 2.35. The number of nitrogens with zero attached hydrogens (tertiary/aromatic N) is 1. The van der Waals surface area contributed by atoms with Crippen molar-refractivity contribution in [1.82, 2.24) is 4.90 Å². The third-order valence-corrected chi connectivity index (χ3v) is 3.41. The average molecular weight is 244 g/mol. The maximum Gasteiger partial charge on any atom is 0.231 e. The third-order valence-electron chi connectivity index (χ3n) is 3.41. The van der Waals surface area contributed by atoms with Gasteiger partial charge in [-0.15, -0.1) is 6.58 Å². The number of nitrogens with one attached hydrogen (secondary N) is 1. The molecule has 0 saturated carbocycles. The Labute approximate surface area is 108 Å². The molecule has 0 spiro atoms. The standard InChI is InChI=1S/C15H20N2O/c1-3-4-7-10-17(2)15(18)13-11-16-14-9-6-5-8-12(13)14/h3,5-6,8-9,13,16H,1,4,7,10-11H2,2H3. The van der Waals surface area contributed by atoms with Crippen LogP contribution in [0.15, 0.2) is 36.9 Å². The van der Waals surface area contributed by atoms with Crippen LogP contribution < -0.4 is 5.32 Å². The van der Waals surface area contributed by atoms with Gasteiger partial charge in [0.15, 0.2) is 0 Å². The van der Waals surface area contributed by atoms with Crippen LogP contribution in [0.3, 0.4) is 0 Å². The first-order valence-corrected chi connectivity index (χ1v) is 6.42. The molecule has 96 valence electrons. The Kier molecular flexibility index (Phi) is 4.03. The predicted octanol–water partition coefficient (Wildman–Crippen LogP) is 2.62. The maximum atomic E-state index is 12.4. The van der Waals surface area contributed by atoms with Crippen molar-refractivity contribution in [2.75, 3.05) is 25.5 Å². The molecule has 1 unspecified atom stereocenters. The number of hydrogen-bond acceptors (Lipinski definition) is 2. The van der Waals surface area contributed by atoms with Crippen LogP contribution in [0.1, 0.15) is 24.3 Å². The van der Waals surface area contributed by atoms with Crippen molar-refractivity contribution in [3.8, 4) is 0 Å². The molecule has 3 heteroatoms. The molecule has 1 heterocycles. The van der Waals surface area contributed by atoms with Gasteiger partial charge in [0.25, 0.3) is 0 Å². The van der Waals surface area contributed by atoms with E-state index in [1.807, 2.05) is 42.3 Å². The monoisotopic (exact) mass is 244 g/mol. The minimum atomic E-state index is -0.0325. The van der Waals surface area contributed by atoms with Crippen LogP contribution in [0.4, 0.5) is 5.69 Å². The van der Waals surface area contributed by atoms with E-state index in [4.69, 9.17) is 0 Å². The maximum absolute atomic E-state index is 12.4. The van der Waals surface area contributed by atoms with Crippen LogP contribution in [0, 0.1) is 0 Å². The van der Waals surface area contributed by atoms with Gasteiger partial charge in [-0.05, 0) is 24.5 Å². The highest BCUT2D eigenvalue weighted by Crippen LogP contribution is 2.32. The predicted molar refractivity (Wildman–Crippen MR) is 74.7 cm³/mol. The summed E-state index contributed by atoms with van der Waals surface area (Å²) in [6.07, 6.45) is 3.83. The Bertz CT molecular complexity index is 442. The lowest BCUT2D eigenvalue weighted by atomic mass is 10.00. The second-order valence-corrected chi connectivity index (χ2v) is 4.71. The van der Waals surface area contributed by atoms with E-state index in [9.17, 15) is 4.79 Å². The summed E-state index contributed by atoms with van der Waals surface area (Å²) in [6, 6.07) is 8.05. The van der Waals surface area contributed by atoms with Crippen LogP contribution in [-0.4, -0.2) is 30.9 Å². The highest BCUT2D eigenvalue weighted by atomic mass is 16.2. The molecule has 1 aliphatic heterocycles. The first-order valence-electron chi connectivity index (χ1n) is 6.42. The number of fused-ring (bicyclic) bond motifs is 1. The zero-order chi connectivity index (χ0) is 13.0. The van der Waals surface area contributed by atoms with Crippen LogP contribution >= 0.6 is 0 Å². The number of para-hydroxylation sites is 1. The summed E-state index contributed by atoms with van der Waals surface area (Å²) >= 11 is 0. The van der Waals surface area contributed by atoms with Gasteiger partial charge in [0, 0.05) is 25.8 Å². The summed E-state index contributed by atoms with van der Waals surface area (Å²) in [6.45, 7) is 5.20. The van der Waals surface area contributed by atoms with E-state index in [1.165, 1.54) is 0 Å². The minimum absolute atomic E-state index is 0.0325. The van der Waals surface area contributed by atoms with Crippen molar-refractivity contribution in [2.45, 2.75) is 18.8 Å². The second kappa shape index (κ2) is 5.71. The van der Waals surface area contributed by atoms with Crippen molar-refractivity contribution >= 4 is 11.6 Å². The van der Waals surface area contributed by atoms with Crippen LogP contribution in [0.2, 0.25) is 0 Å². The molecule has 1 aromatic rings.